The minimum Gasteiger partial charge on any atom is -0.396 e. The maximum absolute atomic E-state index is 12.7. The van der Waals surface area contributed by atoms with Crippen LogP contribution in [0.3, 0.4) is 0 Å². The molecule has 1 fully saturated rings. The number of sulfonamides is 1. The van der Waals surface area contributed by atoms with E-state index in [0.29, 0.717) is 36.3 Å². The van der Waals surface area contributed by atoms with Crippen LogP contribution in [0.1, 0.15) is 20.3 Å². The van der Waals surface area contributed by atoms with Crippen LogP contribution >= 0.6 is 22.9 Å². The minimum atomic E-state index is -3.49. The summed E-state index contributed by atoms with van der Waals surface area (Å²) in [6.07, 6.45) is 0.587. The van der Waals surface area contributed by atoms with E-state index in [0.717, 1.165) is 17.9 Å². The molecule has 5 nitrogen and oxygen atoms in total. The lowest BCUT2D eigenvalue weighted by atomic mass is 10.1. The standard InChI is InChI=1S/C14H23ClN2O3S2/c1-11(2)9-16-6-7-17(10-12(16)5-8-18)22(19,20)14-4-3-13(15)21-14/h3-4,11-12,18H,5-10H2,1-2H3. The van der Waals surface area contributed by atoms with Gasteiger partial charge in [-0.05, 0) is 24.5 Å². The zero-order valence-electron chi connectivity index (χ0n) is 12.9. The first kappa shape index (κ1) is 18.2. The number of nitrogens with zero attached hydrogens (tertiary/aromatic N) is 2. The van der Waals surface area contributed by atoms with Gasteiger partial charge in [-0.1, -0.05) is 25.4 Å². The summed E-state index contributed by atoms with van der Waals surface area (Å²) in [4.78, 5) is 2.29. The summed E-state index contributed by atoms with van der Waals surface area (Å²) < 4.78 is 27.6. The molecule has 0 aliphatic carbocycles. The molecule has 22 heavy (non-hydrogen) atoms. The van der Waals surface area contributed by atoms with Crippen LogP contribution in [-0.2, 0) is 10.0 Å². The number of rotatable bonds is 6. The van der Waals surface area contributed by atoms with Crippen molar-refractivity contribution in [2.24, 2.45) is 5.92 Å². The molecule has 1 aromatic rings. The van der Waals surface area contributed by atoms with E-state index in [1.54, 1.807) is 12.1 Å². The molecule has 0 radical (unpaired) electrons. The second-order valence-corrected chi connectivity index (χ2v) is 9.86. The lowest BCUT2D eigenvalue weighted by molar-refractivity contribution is 0.0854. The third-order valence-corrected chi connectivity index (χ3v) is 7.34. The molecule has 1 saturated heterocycles. The second-order valence-electron chi connectivity index (χ2n) is 5.98. The van der Waals surface area contributed by atoms with Gasteiger partial charge in [0, 0.05) is 38.8 Å². The van der Waals surface area contributed by atoms with Gasteiger partial charge in [-0.25, -0.2) is 8.42 Å². The Morgan fingerprint density at radius 2 is 2.14 bits per heavy atom. The zero-order valence-corrected chi connectivity index (χ0v) is 15.3. The lowest BCUT2D eigenvalue weighted by Gasteiger charge is -2.41. The molecular formula is C14H23ClN2O3S2. The number of aliphatic hydroxyl groups excluding tert-OH is 1. The van der Waals surface area contributed by atoms with Gasteiger partial charge < -0.3 is 5.11 Å². The van der Waals surface area contributed by atoms with Gasteiger partial charge in [0.25, 0.3) is 10.0 Å². The molecule has 0 saturated carbocycles. The molecule has 0 aromatic carbocycles. The minimum absolute atomic E-state index is 0.0614. The van der Waals surface area contributed by atoms with E-state index in [1.807, 2.05) is 0 Å². The van der Waals surface area contributed by atoms with Crippen molar-refractivity contribution in [3.8, 4) is 0 Å². The molecule has 1 aliphatic rings. The van der Waals surface area contributed by atoms with Crippen molar-refractivity contribution in [2.75, 3.05) is 32.8 Å². The van der Waals surface area contributed by atoms with E-state index < -0.39 is 10.0 Å². The van der Waals surface area contributed by atoms with Crippen LogP contribution in [0.5, 0.6) is 0 Å². The van der Waals surface area contributed by atoms with Crippen LogP contribution in [0.25, 0.3) is 0 Å². The number of halogens is 1. The third-order valence-electron chi connectivity index (χ3n) is 3.77. The average Bonchev–Trinajstić information content (AvgIpc) is 2.87. The summed E-state index contributed by atoms with van der Waals surface area (Å²) >= 11 is 6.95. The SMILES string of the molecule is CC(C)CN1CCN(S(=O)(=O)c2ccc(Cl)s2)CC1CCO. The van der Waals surface area contributed by atoms with Crippen molar-refractivity contribution in [1.82, 2.24) is 9.21 Å². The van der Waals surface area contributed by atoms with Gasteiger partial charge in [0.15, 0.2) is 0 Å². The van der Waals surface area contributed by atoms with E-state index in [9.17, 15) is 13.5 Å². The van der Waals surface area contributed by atoms with Gasteiger partial charge in [0.05, 0.1) is 4.34 Å². The predicted octanol–water partition coefficient (Wildman–Crippen LogP) is 2.11. The van der Waals surface area contributed by atoms with Crippen molar-refractivity contribution in [1.29, 1.82) is 0 Å². The average molecular weight is 367 g/mol. The Labute approximate surface area is 141 Å². The molecule has 1 aliphatic heterocycles. The maximum atomic E-state index is 12.7. The highest BCUT2D eigenvalue weighted by Crippen LogP contribution is 2.29. The smallest absolute Gasteiger partial charge is 0.252 e. The van der Waals surface area contributed by atoms with Crippen molar-refractivity contribution < 1.29 is 13.5 Å². The molecule has 1 N–H and O–H groups in total. The Bertz CT molecular complexity index is 589. The molecule has 8 heteroatoms. The van der Waals surface area contributed by atoms with Crippen LogP contribution in [0.2, 0.25) is 4.34 Å². The topological polar surface area (TPSA) is 60.9 Å². The normalized spacial score (nSPS) is 21.6. The molecule has 1 unspecified atom stereocenters. The second kappa shape index (κ2) is 7.59. The quantitative estimate of drug-likeness (QED) is 0.837. The van der Waals surface area contributed by atoms with E-state index in [-0.39, 0.29) is 16.9 Å². The Morgan fingerprint density at radius 3 is 2.68 bits per heavy atom. The Kier molecular flexibility index (Phi) is 6.27. The largest absolute Gasteiger partial charge is 0.396 e. The maximum Gasteiger partial charge on any atom is 0.252 e. The fourth-order valence-electron chi connectivity index (χ4n) is 2.78. The van der Waals surface area contributed by atoms with Gasteiger partial charge in [-0.2, -0.15) is 4.31 Å². The van der Waals surface area contributed by atoms with E-state index in [1.165, 1.54) is 4.31 Å². The van der Waals surface area contributed by atoms with Crippen LogP contribution in [0.4, 0.5) is 0 Å². The Hall–Kier alpha value is -0.180. The predicted molar refractivity (Wildman–Crippen MR) is 90.0 cm³/mol. The molecule has 2 heterocycles. The molecule has 0 amide bonds. The highest BCUT2D eigenvalue weighted by atomic mass is 35.5. The highest BCUT2D eigenvalue weighted by molar-refractivity contribution is 7.91. The number of hydrogen-bond donors (Lipinski definition) is 1. The number of piperazine rings is 1. The zero-order chi connectivity index (χ0) is 16.3. The van der Waals surface area contributed by atoms with Crippen LogP contribution < -0.4 is 0 Å². The number of thiophene rings is 1. The van der Waals surface area contributed by atoms with Gasteiger partial charge >= 0.3 is 0 Å². The first-order valence-electron chi connectivity index (χ1n) is 7.45. The van der Waals surface area contributed by atoms with Crippen LogP contribution in [0.15, 0.2) is 16.3 Å². The molecule has 0 spiro atoms. The monoisotopic (exact) mass is 366 g/mol. The van der Waals surface area contributed by atoms with E-state index in [4.69, 9.17) is 11.6 Å². The lowest BCUT2D eigenvalue weighted by Crippen LogP contribution is -2.55. The summed E-state index contributed by atoms with van der Waals surface area (Å²) in [5.41, 5.74) is 0. The van der Waals surface area contributed by atoms with Crippen molar-refractivity contribution in [3.63, 3.8) is 0 Å². The van der Waals surface area contributed by atoms with E-state index in [2.05, 4.69) is 18.7 Å². The van der Waals surface area contributed by atoms with Gasteiger partial charge in [-0.15, -0.1) is 11.3 Å². The third kappa shape index (κ3) is 4.21. The van der Waals surface area contributed by atoms with Gasteiger partial charge in [0.1, 0.15) is 4.21 Å². The summed E-state index contributed by atoms with van der Waals surface area (Å²) in [7, 11) is -3.49. The molecule has 1 aromatic heterocycles. The first-order valence-corrected chi connectivity index (χ1v) is 10.1. The van der Waals surface area contributed by atoms with Gasteiger partial charge in [-0.3, -0.25) is 4.90 Å². The Morgan fingerprint density at radius 1 is 1.41 bits per heavy atom. The first-order chi connectivity index (χ1) is 10.3. The fraction of sp³-hybridized carbons (Fsp3) is 0.714. The van der Waals surface area contributed by atoms with Crippen LogP contribution in [-0.4, -0.2) is 61.6 Å². The molecule has 0 bridgehead atoms. The van der Waals surface area contributed by atoms with Crippen molar-refractivity contribution in [3.05, 3.63) is 16.5 Å². The van der Waals surface area contributed by atoms with Crippen molar-refractivity contribution >= 4 is 33.0 Å². The fourth-order valence-corrected chi connectivity index (χ4v) is 5.88. The van der Waals surface area contributed by atoms with Crippen LogP contribution in [0, 0.1) is 5.92 Å². The summed E-state index contributed by atoms with van der Waals surface area (Å²) in [5, 5.41) is 9.27. The molecule has 1 atom stereocenters. The highest BCUT2D eigenvalue weighted by Gasteiger charge is 2.34. The number of aliphatic hydroxyl groups is 1. The van der Waals surface area contributed by atoms with Crippen molar-refractivity contribution in [2.45, 2.75) is 30.5 Å². The number of hydrogen-bond acceptors (Lipinski definition) is 5. The molecular weight excluding hydrogens is 344 g/mol. The summed E-state index contributed by atoms with van der Waals surface area (Å²) in [5.74, 6) is 0.514. The summed E-state index contributed by atoms with van der Waals surface area (Å²) in [6, 6.07) is 3.23. The van der Waals surface area contributed by atoms with Gasteiger partial charge in [0.2, 0.25) is 0 Å². The molecule has 126 valence electrons. The van der Waals surface area contributed by atoms with E-state index >= 15 is 0 Å². The Balaban J connectivity index is 2.14. The summed E-state index contributed by atoms with van der Waals surface area (Å²) in [6.45, 7) is 6.87. The molecule has 2 rings (SSSR count).